The van der Waals surface area contributed by atoms with Crippen molar-refractivity contribution in [3.8, 4) is 16.9 Å². The van der Waals surface area contributed by atoms with Gasteiger partial charge in [-0.1, -0.05) is 64.1 Å². The van der Waals surface area contributed by atoms with Gasteiger partial charge in [0.05, 0.1) is 4.90 Å². The average molecular weight is 511 g/mol. The molecule has 0 saturated heterocycles. The van der Waals surface area contributed by atoms with Gasteiger partial charge in [0.25, 0.3) is 0 Å². The third kappa shape index (κ3) is 6.93. The van der Waals surface area contributed by atoms with Gasteiger partial charge in [0.2, 0.25) is 10.0 Å². The minimum absolute atomic E-state index is 0.0313. The number of benzene rings is 3. The number of amides is 1. The van der Waals surface area contributed by atoms with E-state index in [9.17, 15) is 23.1 Å². The van der Waals surface area contributed by atoms with Crippen LogP contribution in [-0.2, 0) is 14.8 Å². The fraction of sp³-hybridized carbons (Fsp3) is 0.259. The highest BCUT2D eigenvalue weighted by molar-refractivity contribution is 7.89. The summed E-state index contributed by atoms with van der Waals surface area (Å²) >= 11 is 0. The second-order valence-electron chi connectivity index (χ2n) is 9.02. The number of anilines is 1. The van der Waals surface area contributed by atoms with Crippen LogP contribution in [0.1, 0.15) is 39.2 Å². The largest absolute Gasteiger partial charge is 0.480 e. The molecule has 0 radical (unpaired) electrons. The lowest BCUT2D eigenvalue weighted by Crippen LogP contribution is -2.44. The van der Waals surface area contributed by atoms with Crippen LogP contribution in [-0.4, -0.2) is 31.6 Å². The first-order valence-electron chi connectivity index (χ1n) is 11.5. The first-order chi connectivity index (χ1) is 17.0. The SMILES string of the molecule is CC(C)c1ccc(NC(=O)Oc2ccc(-c3ccc(S(=O)(=O)N[C@@H](C(=O)O)C(C)C)cc3)cc2)cc1. The number of carbonyl (C=O) groups is 2. The van der Waals surface area contributed by atoms with Crippen LogP contribution >= 0.6 is 0 Å². The van der Waals surface area contributed by atoms with Crippen molar-refractivity contribution >= 4 is 27.8 Å². The summed E-state index contributed by atoms with van der Waals surface area (Å²) in [4.78, 5) is 23.5. The van der Waals surface area contributed by atoms with Crippen LogP contribution in [0.4, 0.5) is 10.5 Å². The predicted octanol–water partition coefficient (Wildman–Crippen LogP) is 5.48. The van der Waals surface area contributed by atoms with Gasteiger partial charge in [-0.05, 0) is 64.9 Å². The fourth-order valence-corrected chi connectivity index (χ4v) is 4.79. The van der Waals surface area contributed by atoms with Crippen molar-refractivity contribution in [1.29, 1.82) is 0 Å². The molecule has 0 spiro atoms. The van der Waals surface area contributed by atoms with Crippen molar-refractivity contribution in [3.63, 3.8) is 0 Å². The molecule has 0 aromatic heterocycles. The van der Waals surface area contributed by atoms with Crippen molar-refractivity contribution in [2.75, 3.05) is 5.32 Å². The van der Waals surface area contributed by atoms with E-state index in [1.165, 1.54) is 17.7 Å². The molecule has 0 aliphatic rings. The summed E-state index contributed by atoms with van der Waals surface area (Å²) in [7, 11) is -4.00. The second kappa shape index (κ2) is 11.4. The number of carboxylic acids is 1. The van der Waals surface area contributed by atoms with Gasteiger partial charge in [0.15, 0.2) is 0 Å². The highest BCUT2D eigenvalue weighted by Crippen LogP contribution is 2.25. The highest BCUT2D eigenvalue weighted by Gasteiger charge is 2.28. The molecule has 0 aliphatic carbocycles. The van der Waals surface area contributed by atoms with Crippen LogP contribution in [0.2, 0.25) is 0 Å². The Balaban J connectivity index is 1.64. The summed E-state index contributed by atoms with van der Waals surface area (Å²) in [6.45, 7) is 7.45. The van der Waals surface area contributed by atoms with Crippen LogP contribution in [0.15, 0.2) is 77.7 Å². The zero-order chi connectivity index (χ0) is 26.5. The minimum Gasteiger partial charge on any atom is -0.480 e. The van der Waals surface area contributed by atoms with E-state index >= 15 is 0 Å². The molecule has 3 aromatic carbocycles. The van der Waals surface area contributed by atoms with Crippen molar-refractivity contribution in [3.05, 3.63) is 78.4 Å². The van der Waals surface area contributed by atoms with Crippen LogP contribution in [0.3, 0.4) is 0 Å². The molecule has 0 heterocycles. The van der Waals surface area contributed by atoms with Gasteiger partial charge in [0.1, 0.15) is 11.8 Å². The highest BCUT2D eigenvalue weighted by atomic mass is 32.2. The van der Waals surface area contributed by atoms with Gasteiger partial charge in [0, 0.05) is 5.69 Å². The third-order valence-electron chi connectivity index (χ3n) is 5.60. The number of hydrogen-bond donors (Lipinski definition) is 3. The Hall–Kier alpha value is -3.69. The van der Waals surface area contributed by atoms with E-state index in [1.54, 1.807) is 50.2 Å². The Kier molecular flexibility index (Phi) is 8.49. The lowest BCUT2D eigenvalue weighted by Gasteiger charge is -2.18. The van der Waals surface area contributed by atoms with Crippen LogP contribution in [0, 0.1) is 5.92 Å². The zero-order valence-corrected chi connectivity index (χ0v) is 21.4. The Morgan fingerprint density at radius 2 is 1.33 bits per heavy atom. The lowest BCUT2D eigenvalue weighted by molar-refractivity contribution is -0.140. The smallest absolute Gasteiger partial charge is 0.417 e. The summed E-state index contributed by atoms with van der Waals surface area (Å²) in [5, 5.41) is 12.0. The van der Waals surface area contributed by atoms with Gasteiger partial charge in [-0.3, -0.25) is 10.1 Å². The molecule has 3 N–H and O–H groups in total. The molecular weight excluding hydrogens is 480 g/mol. The topological polar surface area (TPSA) is 122 Å². The molecule has 9 heteroatoms. The number of sulfonamides is 1. The molecule has 1 atom stereocenters. The van der Waals surface area contributed by atoms with Crippen molar-refractivity contribution in [1.82, 2.24) is 4.72 Å². The zero-order valence-electron chi connectivity index (χ0n) is 20.6. The number of carbonyl (C=O) groups excluding carboxylic acids is 1. The van der Waals surface area contributed by atoms with Crippen molar-refractivity contribution in [2.45, 2.75) is 44.6 Å². The van der Waals surface area contributed by atoms with Crippen LogP contribution in [0.25, 0.3) is 11.1 Å². The standard InChI is InChI=1S/C27H30N2O6S/c1-17(2)19-5-11-22(12-6-19)28-27(32)35-23-13-7-20(8-14-23)21-9-15-24(16-10-21)36(33,34)29-25(18(3)4)26(30)31/h5-18,25,29H,1-4H3,(H,28,32)(H,30,31)/t25-/m1/s1. The summed E-state index contributed by atoms with van der Waals surface area (Å²) in [6.07, 6.45) is -0.608. The first-order valence-corrected chi connectivity index (χ1v) is 13.0. The fourth-order valence-electron chi connectivity index (χ4n) is 3.45. The van der Waals surface area contributed by atoms with Gasteiger partial charge in [-0.15, -0.1) is 0 Å². The molecule has 0 aliphatic heterocycles. The molecule has 0 saturated carbocycles. The van der Waals surface area contributed by atoms with E-state index in [1.807, 2.05) is 24.3 Å². The van der Waals surface area contributed by atoms with E-state index in [0.717, 1.165) is 11.1 Å². The maximum Gasteiger partial charge on any atom is 0.417 e. The minimum atomic E-state index is -4.00. The molecule has 3 aromatic rings. The Labute approximate surface area is 211 Å². The quantitative estimate of drug-likeness (QED) is 0.351. The predicted molar refractivity (Wildman–Crippen MR) is 139 cm³/mol. The molecule has 0 unspecified atom stereocenters. The Morgan fingerprint density at radius 1 is 0.806 bits per heavy atom. The van der Waals surface area contributed by atoms with Gasteiger partial charge in [-0.25, -0.2) is 13.2 Å². The van der Waals surface area contributed by atoms with Crippen molar-refractivity contribution < 1.29 is 27.9 Å². The van der Waals surface area contributed by atoms with E-state index < -0.39 is 34.0 Å². The van der Waals surface area contributed by atoms with Crippen LogP contribution in [0.5, 0.6) is 5.75 Å². The Bertz CT molecular complexity index is 1300. The summed E-state index contributed by atoms with van der Waals surface area (Å²) < 4.78 is 32.8. The lowest BCUT2D eigenvalue weighted by atomic mass is 10.0. The maximum absolute atomic E-state index is 12.6. The van der Waals surface area contributed by atoms with Gasteiger partial charge in [-0.2, -0.15) is 4.72 Å². The summed E-state index contributed by atoms with van der Waals surface area (Å²) in [5.74, 6) is -0.891. The van der Waals surface area contributed by atoms with E-state index in [0.29, 0.717) is 17.4 Å². The molecule has 8 nitrogen and oxygen atoms in total. The Morgan fingerprint density at radius 3 is 1.81 bits per heavy atom. The monoisotopic (exact) mass is 510 g/mol. The number of hydrogen-bond acceptors (Lipinski definition) is 5. The molecular formula is C27H30N2O6S. The molecule has 0 fully saturated rings. The average Bonchev–Trinajstić information content (AvgIpc) is 2.83. The van der Waals surface area contributed by atoms with Crippen LogP contribution < -0.4 is 14.8 Å². The number of aliphatic carboxylic acids is 1. The summed E-state index contributed by atoms with van der Waals surface area (Å²) in [5.41, 5.74) is 3.34. The normalized spacial score (nSPS) is 12.4. The summed E-state index contributed by atoms with van der Waals surface area (Å²) in [6, 6.07) is 19.2. The maximum atomic E-state index is 12.6. The van der Waals surface area contributed by atoms with E-state index in [-0.39, 0.29) is 4.90 Å². The number of carboxylic acid groups (broad SMARTS) is 1. The van der Waals surface area contributed by atoms with E-state index in [4.69, 9.17) is 4.74 Å². The van der Waals surface area contributed by atoms with E-state index in [2.05, 4.69) is 23.9 Å². The first kappa shape index (κ1) is 26.9. The number of ether oxygens (including phenoxy) is 1. The number of rotatable bonds is 9. The van der Waals surface area contributed by atoms with Gasteiger partial charge >= 0.3 is 12.1 Å². The number of nitrogens with one attached hydrogen (secondary N) is 2. The molecule has 3 rings (SSSR count). The molecule has 1 amide bonds. The molecule has 36 heavy (non-hydrogen) atoms. The molecule has 190 valence electrons. The third-order valence-corrected chi connectivity index (χ3v) is 7.06. The van der Waals surface area contributed by atoms with Gasteiger partial charge < -0.3 is 9.84 Å². The second-order valence-corrected chi connectivity index (χ2v) is 10.7. The van der Waals surface area contributed by atoms with Crippen molar-refractivity contribution in [2.24, 2.45) is 5.92 Å². The molecule has 0 bridgehead atoms.